The van der Waals surface area contributed by atoms with Gasteiger partial charge in [0.05, 0.1) is 5.56 Å². The minimum Gasteiger partial charge on any atom is -0.482 e. The Morgan fingerprint density at radius 3 is 2.56 bits per heavy atom. The summed E-state index contributed by atoms with van der Waals surface area (Å²) in [5.41, 5.74) is 4.99. The fraction of sp³-hybridized carbons (Fsp3) is 0.435. The molecule has 0 unspecified atom stereocenters. The number of benzene rings is 2. The van der Waals surface area contributed by atoms with Crippen LogP contribution in [0.3, 0.4) is 0 Å². The average molecular weight is 375 g/mol. The second kappa shape index (κ2) is 8.81. The largest absolute Gasteiger partial charge is 0.482 e. The topological polar surface area (TPSA) is 35.5 Å². The van der Waals surface area contributed by atoms with Crippen LogP contribution in [0.15, 0.2) is 30.3 Å². The van der Waals surface area contributed by atoms with Gasteiger partial charge in [0.2, 0.25) is 0 Å². The van der Waals surface area contributed by atoms with Crippen molar-refractivity contribution in [3.63, 3.8) is 0 Å². The molecule has 0 bridgehead atoms. The quantitative estimate of drug-likeness (QED) is 0.297. The van der Waals surface area contributed by atoms with Crippen LogP contribution in [0.5, 0.6) is 11.5 Å². The van der Waals surface area contributed by atoms with Crippen molar-refractivity contribution in [1.82, 2.24) is 0 Å². The molecule has 0 saturated carbocycles. The Labute approximate surface area is 184 Å². The summed E-state index contributed by atoms with van der Waals surface area (Å²) in [5.74, 6) is 1.10. The predicted octanol–water partition coefficient (Wildman–Crippen LogP) is 5.57. The molecule has 1 radical (unpaired) electrons. The first-order valence-corrected chi connectivity index (χ1v) is 9.47. The molecule has 3 nitrogen and oxygen atoms in total. The number of carbonyl (C=O) groups is 1. The van der Waals surface area contributed by atoms with Crippen molar-refractivity contribution >= 4 is 35.5 Å². The predicted molar refractivity (Wildman–Crippen MR) is 111 cm³/mol. The fourth-order valence-corrected chi connectivity index (χ4v) is 3.67. The number of unbranched alkanes of at least 4 members (excludes halogenated alkanes) is 2. The molecule has 0 fully saturated rings. The molecule has 3 rings (SSSR count). The van der Waals surface area contributed by atoms with Gasteiger partial charge in [-0.2, -0.15) is 0 Å². The van der Waals surface area contributed by atoms with Crippen LogP contribution < -0.4 is 9.47 Å². The third kappa shape index (κ3) is 4.77. The average Bonchev–Trinajstić information content (AvgIpc) is 2.53. The van der Waals surface area contributed by atoms with E-state index in [-0.39, 0.29) is 35.5 Å². The zero-order chi connectivity index (χ0) is 18.9. The molecule has 139 valence electrons. The van der Waals surface area contributed by atoms with Crippen LogP contribution in [0, 0.1) is 6.92 Å². The van der Waals surface area contributed by atoms with Crippen LogP contribution in [0.4, 0.5) is 0 Å². The van der Waals surface area contributed by atoms with E-state index in [2.05, 4.69) is 52.0 Å². The van der Waals surface area contributed by atoms with Crippen LogP contribution >= 0.6 is 0 Å². The van der Waals surface area contributed by atoms with Gasteiger partial charge in [-0.3, -0.25) is 4.79 Å². The Morgan fingerprint density at radius 2 is 1.89 bits per heavy atom. The van der Waals surface area contributed by atoms with Crippen molar-refractivity contribution in [2.75, 3.05) is 0 Å². The normalized spacial score (nSPS) is 13.7. The van der Waals surface area contributed by atoms with Gasteiger partial charge in [0.15, 0.2) is 0 Å². The van der Waals surface area contributed by atoms with E-state index >= 15 is 0 Å². The standard InChI is InChI=1S/C23H28O3.Na/c1-6-7-8-9-17-13-20(25-16(3)24)22-18-12-15(2)10-11-19(18)23(4,5)26-21(22)14-17;/h10-14H,6-9H2,1-5H3;. The van der Waals surface area contributed by atoms with Crippen LogP contribution in [0.1, 0.15) is 63.6 Å². The summed E-state index contributed by atoms with van der Waals surface area (Å²) in [5, 5.41) is 0. The first kappa shape index (κ1) is 22.0. The summed E-state index contributed by atoms with van der Waals surface area (Å²) in [4.78, 5) is 11.7. The van der Waals surface area contributed by atoms with E-state index in [0.717, 1.165) is 40.8 Å². The number of fused-ring (bicyclic) bond motifs is 3. The molecule has 2 aromatic carbocycles. The van der Waals surface area contributed by atoms with Gasteiger partial charge in [-0.05, 0) is 56.9 Å². The SMILES string of the molecule is CCCCCc1cc(OC(C)=O)c2c(c1)OC(C)(C)c1ccc(C)cc1-2.[Na]. The molecule has 0 saturated heterocycles. The Kier molecular flexibility index (Phi) is 7.18. The van der Waals surface area contributed by atoms with Crippen LogP contribution in [-0.2, 0) is 16.8 Å². The van der Waals surface area contributed by atoms with Crippen molar-refractivity contribution in [3.05, 3.63) is 47.0 Å². The first-order valence-electron chi connectivity index (χ1n) is 9.47. The summed E-state index contributed by atoms with van der Waals surface area (Å²) in [6.07, 6.45) is 4.44. The Morgan fingerprint density at radius 1 is 1.15 bits per heavy atom. The first-order chi connectivity index (χ1) is 12.3. The van der Waals surface area contributed by atoms with Crippen molar-refractivity contribution in [1.29, 1.82) is 0 Å². The monoisotopic (exact) mass is 375 g/mol. The Bertz CT molecular complexity index is 840. The van der Waals surface area contributed by atoms with Gasteiger partial charge >= 0.3 is 5.97 Å². The van der Waals surface area contributed by atoms with Gasteiger partial charge in [0, 0.05) is 42.0 Å². The summed E-state index contributed by atoms with van der Waals surface area (Å²) >= 11 is 0. The third-order valence-electron chi connectivity index (χ3n) is 4.91. The van der Waals surface area contributed by atoms with E-state index in [1.165, 1.54) is 25.3 Å². The number of esters is 1. The molecule has 0 aliphatic carbocycles. The van der Waals surface area contributed by atoms with Crippen LogP contribution in [0.25, 0.3) is 11.1 Å². The van der Waals surface area contributed by atoms with E-state index in [4.69, 9.17) is 9.47 Å². The van der Waals surface area contributed by atoms with Crippen LogP contribution in [-0.4, -0.2) is 35.5 Å². The van der Waals surface area contributed by atoms with Crippen molar-refractivity contribution in [2.45, 2.75) is 65.9 Å². The van der Waals surface area contributed by atoms with E-state index in [1.807, 2.05) is 6.07 Å². The molecular formula is C23H28NaO3. The number of rotatable bonds is 5. The molecule has 1 aliphatic rings. The number of aryl methyl sites for hydroxylation is 2. The van der Waals surface area contributed by atoms with E-state index in [0.29, 0.717) is 5.75 Å². The third-order valence-corrected chi connectivity index (χ3v) is 4.91. The van der Waals surface area contributed by atoms with Gasteiger partial charge in [0.25, 0.3) is 0 Å². The fourth-order valence-electron chi connectivity index (χ4n) is 3.67. The van der Waals surface area contributed by atoms with E-state index in [9.17, 15) is 4.79 Å². The maximum Gasteiger partial charge on any atom is 0.308 e. The zero-order valence-electron chi connectivity index (χ0n) is 17.4. The number of ether oxygens (including phenoxy) is 2. The van der Waals surface area contributed by atoms with E-state index in [1.54, 1.807) is 0 Å². The molecule has 1 heterocycles. The van der Waals surface area contributed by atoms with Crippen molar-refractivity contribution in [3.8, 4) is 22.6 Å². The summed E-state index contributed by atoms with van der Waals surface area (Å²) in [6, 6.07) is 10.5. The summed E-state index contributed by atoms with van der Waals surface area (Å²) < 4.78 is 12.0. The zero-order valence-corrected chi connectivity index (χ0v) is 19.4. The van der Waals surface area contributed by atoms with Gasteiger partial charge in [-0.1, -0.05) is 43.5 Å². The number of hydrogen-bond donors (Lipinski definition) is 0. The molecule has 1 aliphatic heterocycles. The molecule has 0 amide bonds. The molecule has 0 spiro atoms. The van der Waals surface area contributed by atoms with Crippen molar-refractivity contribution in [2.24, 2.45) is 0 Å². The van der Waals surface area contributed by atoms with E-state index < -0.39 is 5.60 Å². The Balaban J connectivity index is 0.00000261. The molecule has 27 heavy (non-hydrogen) atoms. The maximum atomic E-state index is 11.7. The van der Waals surface area contributed by atoms with Gasteiger partial charge < -0.3 is 9.47 Å². The molecule has 0 N–H and O–H groups in total. The Hall–Kier alpha value is -1.29. The number of carbonyl (C=O) groups excluding carboxylic acids is 1. The summed E-state index contributed by atoms with van der Waals surface area (Å²) in [7, 11) is 0. The maximum absolute atomic E-state index is 11.7. The van der Waals surface area contributed by atoms with Gasteiger partial charge in [0.1, 0.15) is 17.1 Å². The van der Waals surface area contributed by atoms with Gasteiger partial charge in [-0.25, -0.2) is 0 Å². The molecule has 2 aromatic rings. The second-order valence-corrected chi connectivity index (χ2v) is 7.68. The number of hydrogen-bond acceptors (Lipinski definition) is 3. The summed E-state index contributed by atoms with van der Waals surface area (Å²) in [6.45, 7) is 9.88. The molecular weight excluding hydrogens is 347 g/mol. The van der Waals surface area contributed by atoms with Crippen molar-refractivity contribution < 1.29 is 14.3 Å². The molecule has 4 heteroatoms. The smallest absolute Gasteiger partial charge is 0.308 e. The minimum absolute atomic E-state index is 0. The van der Waals surface area contributed by atoms with Gasteiger partial charge in [-0.15, -0.1) is 0 Å². The second-order valence-electron chi connectivity index (χ2n) is 7.68. The molecule has 0 atom stereocenters. The minimum atomic E-state index is -0.425. The van der Waals surface area contributed by atoms with Crippen LogP contribution in [0.2, 0.25) is 0 Å². The molecule has 0 aromatic heterocycles.